The molecule has 0 aromatic heterocycles. The number of hydrogen-bond donors (Lipinski definition) is 1. The largest absolute Gasteiger partial charge is 0.508 e. The van der Waals surface area contributed by atoms with Gasteiger partial charge in [0.2, 0.25) is 0 Å². The second-order valence-corrected chi connectivity index (χ2v) is 6.04. The Hall–Kier alpha value is -0.980. The SMILES string of the molecule is CC(CCC(C)(C)C)Cc1ccccc1O. The van der Waals surface area contributed by atoms with E-state index in [1.807, 2.05) is 18.2 Å². The lowest BCUT2D eigenvalue weighted by Gasteiger charge is -2.21. The van der Waals surface area contributed by atoms with Gasteiger partial charge in [-0.2, -0.15) is 0 Å². The van der Waals surface area contributed by atoms with Gasteiger partial charge in [-0.25, -0.2) is 0 Å². The maximum absolute atomic E-state index is 9.69. The summed E-state index contributed by atoms with van der Waals surface area (Å²) < 4.78 is 0. The van der Waals surface area contributed by atoms with Gasteiger partial charge in [0.15, 0.2) is 0 Å². The Morgan fingerprint density at radius 1 is 1.19 bits per heavy atom. The predicted molar refractivity (Wildman–Crippen MR) is 69.7 cm³/mol. The monoisotopic (exact) mass is 220 g/mol. The third-order valence-electron chi connectivity index (χ3n) is 2.95. The molecule has 0 aliphatic rings. The third kappa shape index (κ3) is 4.69. The maximum Gasteiger partial charge on any atom is 0.118 e. The summed E-state index contributed by atoms with van der Waals surface area (Å²) in [5, 5.41) is 9.69. The van der Waals surface area contributed by atoms with E-state index >= 15 is 0 Å². The van der Waals surface area contributed by atoms with Crippen LogP contribution in [0.4, 0.5) is 0 Å². The highest BCUT2D eigenvalue weighted by Crippen LogP contribution is 2.27. The van der Waals surface area contributed by atoms with E-state index in [1.165, 1.54) is 12.8 Å². The molecule has 0 spiro atoms. The summed E-state index contributed by atoms with van der Waals surface area (Å²) in [5.74, 6) is 1.07. The number of hydrogen-bond acceptors (Lipinski definition) is 1. The van der Waals surface area contributed by atoms with Crippen LogP contribution in [-0.2, 0) is 6.42 Å². The molecule has 1 aromatic rings. The highest BCUT2D eigenvalue weighted by Gasteiger charge is 2.13. The smallest absolute Gasteiger partial charge is 0.118 e. The Bertz CT molecular complexity index is 322. The van der Waals surface area contributed by atoms with Crippen LogP contribution in [0.5, 0.6) is 5.75 Å². The normalized spacial score (nSPS) is 13.8. The van der Waals surface area contributed by atoms with Gasteiger partial charge < -0.3 is 5.11 Å². The molecule has 90 valence electrons. The Morgan fingerprint density at radius 3 is 2.38 bits per heavy atom. The summed E-state index contributed by atoms with van der Waals surface area (Å²) in [6.45, 7) is 9.09. The van der Waals surface area contributed by atoms with E-state index in [4.69, 9.17) is 0 Å². The van der Waals surface area contributed by atoms with Crippen molar-refractivity contribution in [2.75, 3.05) is 0 Å². The molecule has 1 unspecified atom stereocenters. The van der Waals surface area contributed by atoms with Crippen LogP contribution < -0.4 is 0 Å². The van der Waals surface area contributed by atoms with Gasteiger partial charge in [0.25, 0.3) is 0 Å². The number of rotatable bonds is 4. The summed E-state index contributed by atoms with van der Waals surface area (Å²) in [7, 11) is 0. The fourth-order valence-electron chi connectivity index (χ4n) is 1.84. The van der Waals surface area contributed by atoms with Crippen molar-refractivity contribution in [3.63, 3.8) is 0 Å². The van der Waals surface area contributed by atoms with Gasteiger partial charge >= 0.3 is 0 Å². The molecule has 1 rings (SSSR count). The van der Waals surface area contributed by atoms with Gasteiger partial charge in [0, 0.05) is 0 Å². The fraction of sp³-hybridized carbons (Fsp3) is 0.600. The molecule has 1 aromatic carbocycles. The minimum atomic E-state index is 0.410. The highest BCUT2D eigenvalue weighted by molar-refractivity contribution is 5.31. The minimum Gasteiger partial charge on any atom is -0.508 e. The van der Waals surface area contributed by atoms with Gasteiger partial charge in [0.05, 0.1) is 0 Å². The molecule has 1 N–H and O–H groups in total. The number of para-hydroxylation sites is 1. The first-order valence-electron chi connectivity index (χ1n) is 6.15. The molecule has 0 heterocycles. The molecule has 0 aliphatic carbocycles. The van der Waals surface area contributed by atoms with E-state index < -0.39 is 0 Å². The van der Waals surface area contributed by atoms with E-state index in [0.717, 1.165) is 12.0 Å². The van der Waals surface area contributed by atoms with Crippen LogP contribution in [0.25, 0.3) is 0 Å². The molecular weight excluding hydrogens is 196 g/mol. The first-order chi connectivity index (χ1) is 7.38. The van der Waals surface area contributed by atoms with Crippen molar-refractivity contribution in [1.82, 2.24) is 0 Å². The zero-order chi connectivity index (χ0) is 12.2. The summed E-state index contributed by atoms with van der Waals surface area (Å²) in [5.41, 5.74) is 1.48. The summed E-state index contributed by atoms with van der Waals surface area (Å²) in [4.78, 5) is 0. The molecule has 16 heavy (non-hydrogen) atoms. The van der Waals surface area contributed by atoms with Crippen molar-refractivity contribution in [2.45, 2.75) is 47.0 Å². The lowest BCUT2D eigenvalue weighted by atomic mass is 9.85. The molecule has 0 amide bonds. The van der Waals surface area contributed by atoms with Gasteiger partial charge in [-0.05, 0) is 42.2 Å². The Balaban J connectivity index is 2.46. The van der Waals surface area contributed by atoms with Gasteiger partial charge in [0.1, 0.15) is 5.75 Å². The molecule has 0 bridgehead atoms. The van der Waals surface area contributed by atoms with Crippen molar-refractivity contribution in [1.29, 1.82) is 0 Å². The van der Waals surface area contributed by atoms with Crippen molar-refractivity contribution < 1.29 is 5.11 Å². The molecule has 0 radical (unpaired) electrons. The second-order valence-electron chi connectivity index (χ2n) is 6.04. The number of aromatic hydroxyl groups is 1. The van der Waals surface area contributed by atoms with Crippen molar-refractivity contribution >= 4 is 0 Å². The molecule has 0 fully saturated rings. The summed E-state index contributed by atoms with van der Waals surface area (Å²) >= 11 is 0. The lowest BCUT2D eigenvalue weighted by molar-refractivity contribution is 0.328. The predicted octanol–water partition coefficient (Wildman–Crippen LogP) is 4.40. The van der Waals surface area contributed by atoms with Crippen LogP contribution in [0.1, 0.15) is 46.1 Å². The van der Waals surface area contributed by atoms with Gasteiger partial charge in [-0.3, -0.25) is 0 Å². The summed E-state index contributed by atoms with van der Waals surface area (Å²) in [6, 6.07) is 7.65. The average Bonchev–Trinajstić information content (AvgIpc) is 2.18. The van der Waals surface area contributed by atoms with Crippen LogP contribution in [0.2, 0.25) is 0 Å². The topological polar surface area (TPSA) is 20.2 Å². The van der Waals surface area contributed by atoms with E-state index in [9.17, 15) is 5.11 Å². The van der Waals surface area contributed by atoms with Gasteiger partial charge in [-0.15, -0.1) is 0 Å². The van der Waals surface area contributed by atoms with E-state index in [2.05, 4.69) is 27.7 Å². The Kier molecular flexibility index (Phi) is 4.40. The lowest BCUT2D eigenvalue weighted by Crippen LogP contribution is -2.09. The maximum atomic E-state index is 9.69. The molecule has 1 atom stereocenters. The summed E-state index contributed by atoms with van der Waals surface area (Å²) in [6.07, 6.45) is 3.43. The van der Waals surface area contributed by atoms with Crippen LogP contribution >= 0.6 is 0 Å². The van der Waals surface area contributed by atoms with E-state index in [-0.39, 0.29) is 0 Å². The van der Waals surface area contributed by atoms with Crippen LogP contribution in [0.3, 0.4) is 0 Å². The van der Waals surface area contributed by atoms with Crippen molar-refractivity contribution in [3.8, 4) is 5.75 Å². The van der Waals surface area contributed by atoms with E-state index in [1.54, 1.807) is 6.07 Å². The molecule has 0 aliphatic heterocycles. The van der Waals surface area contributed by atoms with Crippen molar-refractivity contribution in [2.24, 2.45) is 11.3 Å². The highest BCUT2D eigenvalue weighted by atomic mass is 16.3. The first kappa shape index (κ1) is 13.1. The number of phenolic OH excluding ortho intramolecular Hbond substituents is 1. The molecule has 0 saturated heterocycles. The first-order valence-corrected chi connectivity index (χ1v) is 6.15. The Morgan fingerprint density at radius 2 is 1.81 bits per heavy atom. The zero-order valence-electron chi connectivity index (χ0n) is 11.0. The quantitative estimate of drug-likeness (QED) is 0.797. The standard InChI is InChI=1S/C15H24O/c1-12(9-10-15(2,3)4)11-13-7-5-6-8-14(13)16/h5-8,12,16H,9-11H2,1-4H3. The molecule has 0 saturated carbocycles. The third-order valence-corrected chi connectivity index (χ3v) is 2.95. The van der Waals surface area contributed by atoms with Crippen molar-refractivity contribution in [3.05, 3.63) is 29.8 Å². The molecule has 1 nitrogen and oxygen atoms in total. The van der Waals surface area contributed by atoms with Gasteiger partial charge in [-0.1, -0.05) is 45.9 Å². The van der Waals surface area contributed by atoms with Crippen LogP contribution in [0.15, 0.2) is 24.3 Å². The van der Waals surface area contributed by atoms with E-state index in [0.29, 0.717) is 17.1 Å². The zero-order valence-corrected chi connectivity index (χ0v) is 11.0. The van der Waals surface area contributed by atoms with Crippen LogP contribution in [-0.4, -0.2) is 5.11 Å². The Labute approximate surface area is 99.5 Å². The minimum absolute atomic E-state index is 0.410. The molecule has 1 heteroatoms. The number of benzene rings is 1. The van der Waals surface area contributed by atoms with Crippen LogP contribution in [0, 0.1) is 11.3 Å². The molecular formula is C15H24O. The second kappa shape index (κ2) is 5.38. The fourth-order valence-corrected chi connectivity index (χ4v) is 1.84. The average molecular weight is 220 g/mol. The number of phenols is 1.